The third-order valence-electron chi connectivity index (χ3n) is 6.77. The average Bonchev–Trinajstić information content (AvgIpc) is 3.33. The number of aliphatic hydroxyl groups excluding tert-OH is 1. The molecule has 11 nitrogen and oxygen atoms in total. The minimum atomic E-state index is -4.56. The molecule has 0 spiro atoms. The molecule has 1 aliphatic heterocycles. The number of benzene rings is 1. The van der Waals surface area contributed by atoms with Crippen molar-refractivity contribution >= 4 is 34.5 Å². The number of nitrogens with zero attached hydrogens (tertiary/aromatic N) is 6. The zero-order valence-corrected chi connectivity index (χ0v) is 21.3. The summed E-state index contributed by atoms with van der Waals surface area (Å²) in [6.07, 6.45) is -2.05. The van der Waals surface area contributed by atoms with E-state index in [2.05, 4.69) is 20.3 Å². The van der Waals surface area contributed by atoms with Crippen LogP contribution in [0.15, 0.2) is 48.9 Å². The van der Waals surface area contributed by atoms with Crippen LogP contribution in [-0.4, -0.2) is 65.7 Å². The predicted octanol–water partition coefficient (Wildman–Crippen LogP) is 3.15. The van der Waals surface area contributed by atoms with Crippen LogP contribution >= 0.6 is 0 Å². The molecule has 0 radical (unpaired) electrons. The van der Waals surface area contributed by atoms with E-state index in [0.29, 0.717) is 48.3 Å². The van der Waals surface area contributed by atoms with Crippen LogP contribution in [0, 0.1) is 0 Å². The summed E-state index contributed by atoms with van der Waals surface area (Å²) in [5.74, 6) is -0.971. The highest BCUT2D eigenvalue weighted by Gasteiger charge is 2.31. The van der Waals surface area contributed by atoms with Gasteiger partial charge in [0.1, 0.15) is 29.3 Å². The molecule has 3 aromatic heterocycles. The van der Waals surface area contributed by atoms with E-state index in [1.165, 1.54) is 25.4 Å². The van der Waals surface area contributed by atoms with Crippen molar-refractivity contribution in [3.63, 3.8) is 0 Å². The van der Waals surface area contributed by atoms with Gasteiger partial charge in [-0.3, -0.25) is 9.59 Å². The number of aliphatic hydroxyl groups is 1. The molecule has 14 heteroatoms. The Morgan fingerprint density at radius 3 is 2.45 bits per heavy atom. The number of alkyl halides is 3. The van der Waals surface area contributed by atoms with Gasteiger partial charge in [-0.15, -0.1) is 0 Å². The highest BCUT2D eigenvalue weighted by molar-refractivity contribution is 6.04. The van der Waals surface area contributed by atoms with Gasteiger partial charge < -0.3 is 21.1 Å². The molecule has 4 heterocycles. The van der Waals surface area contributed by atoms with Crippen molar-refractivity contribution in [1.82, 2.24) is 29.6 Å². The molecule has 1 saturated heterocycles. The fraction of sp³-hybridized carbons (Fsp3) is 0.308. The number of carbonyl (C=O) groups excluding carboxylic acids is 2. The van der Waals surface area contributed by atoms with Gasteiger partial charge in [0, 0.05) is 30.8 Å². The lowest BCUT2D eigenvalue weighted by Crippen LogP contribution is -2.42. The van der Waals surface area contributed by atoms with E-state index in [9.17, 15) is 27.9 Å². The monoisotopic (exact) mass is 554 g/mol. The Bertz CT molecular complexity index is 1560. The Kier molecular flexibility index (Phi) is 7.10. The predicted molar refractivity (Wildman–Crippen MR) is 139 cm³/mol. The van der Waals surface area contributed by atoms with E-state index in [0.717, 1.165) is 18.3 Å². The third-order valence-corrected chi connectivity index (χ3v) is 6.77. The average molecular weight is 555 g/mol. The van der Waals surface area contributed by atoms with Crippen molar-refractivity contribution in [2.45, 2.75) is 38.0 Å². The standard InChI is InChI=1S/C26H25F3N8O3/c1-14(38)25(40)36-10-7-15(8-11-36)20-21-22(23(30)33-13-32-21)37(35-20)18-4-2-16(3-5-18)24(39)34-19-12-17(6-9-31-19)26(27,28)29/h2-6,9,12-15,38H,7-8,10-11H2,1H3,(H2,30,32,33)(H,31,34,39)/t14-/m0/s1. The van der Waals surface area contributed by atoms with Gasteiger partial charge in [-0.1, -0.05) is 0 Å². The minimum Gasteiger partial charge on any atom is -0.384 e. The van der Waals surface area contributed by atoms with Crippen LogP contribution < -0.4 is 11.1 Å². The molecule has 4 aromatic rings. The molecule has 5 rings (SSSR count). The molecule has 208 valence electrons. The largest absolute Gasteiger partial charge is 0.416 e. The first-order valence-corrected chi connectivity index (χ1v) is 12.4. The number of hydrogen-bond donors (Lipinski definition) is 3. The number of amides is 2. The molecule has 0 unspecified atom stereocenters. The Balaban J connectivity index is 1.39. The molecule has 1 atom stereocenters. The number of carbonyl (C=O) groups is 2. The summed E-state index contributed by atoms with van der Waals surface area (Å²) < 4.78 is 40.5. The maximum absolute atomic E-state index is 13.0. The van der Waals surface area contributed by atoms with Gasteiger partial charge in [-0.25, -0.2) is 19.6 Å². The van der Waals surface area contributed by atoms with Gasteiger partial charge in [0.25, 0.3) is 11.8 Å². The number of nitrogen functional groups attached to an aromatic ring is 1. The summed E-state index contributed by atoms with van der Waals surface area (Å²) in [5.41, 5.74) is 7.80. The molecule has 0 bridgehead atoms. The first-order chi connectivity index (χ1) is 19.0. The van der Waals surface area contributed by atoms with Gasteiger partial charge in [-0.2, -0.15) is 18.3 Å². The SMILES string of the molecule is C[C@H](O)C(=O)N1CCC(c2nn(-c3ccc(C(=O)Nc4cc(C(F)(F)F)ccn4)cc3)c3c(N)ncnc23)CC1. The van der Waals surface area contributed by atoms with Crippen molar-refractivity contribution in [3.05, 3.63) is 65.7 Å². The second-order valence-electron chi connectivity index (χ2n) is 9.46. The van der Waals surface area contributed by atoms with Gasteiger partial charge in [-0.05, 0) is 56.2 Å². The van der Waals surface area contributed by atoms with Crippen molar-refractivity contribution in [1.29, 1.82) is 0 Å². The Morgan fingerprint density at radius 1 is 1.10 bits per heavy atom. The topological polar surface area (TPSA) is 152 Å². The highest BCUT2D eigenvalue weighted by Crippen LogP contribution is 2.34. The van der Waals surface area contributed by atoms with Gasteiger partial charge in [0.15, 0.2) is 5.82 Å². The summed E-state index contributed by atoms with van der Waals surface area (Å²) in [5, 5.41) is 16.8. The molecular weight excluding hydrogens is 529 g/mol. The van der Waals surface area contributed by atoms with Crippen LogP contribution in [-0.2, 0) is 11.0 Å². The normalized spacial score (nSPS) is 15.3. The number of halogens is 3. The molecule has 1 fully saturated rings. The smallest absolute Gasteiger partial charge is 0.384 e. The van der Waals surface area contributed by atoms with Crippen LogP contribution in [0.2, 0.25) is 0 Å². The molecule has 4 N–H and O–H groups in total. The van der Waals surface area contributed by atoms with Crippen LogP contribution in [0.3, 0.4) is 0 Å². The van der Waals surface area contributed by atoms with Gasteiger partial charge >= 0.3 is 6.18 Å². The number of anilines is 2. The maximum Gasteiger partial charge on any atom is 0.416 e. The lowest BCUT2D eigenvalue weighted by Gasteiger charge is -2.32. The number of likely N-dealkylation sites (tertiary alicyclic amines) is 1. The van der Waals surface area contributed by atoms with E-state index >= 15 is 0 Å². The highest BCUT2D eigenvalue weighted by atomic mass is 19.4. The zero-order valence-electron chi connectivity index (χ0n) is 21.3. The van der Waals surface area contributed by atoms with E-state index < -0.39 is 23.8 Å². The number of nitrogens with two attached hydrogens (primary N) is 1. The Hall–Kier alpha value is -4.59. The number of rotatable bonds is 5. The molecule has 40 heavy (non-hydrogen) atoms. The number of fused-ring (bicyclic) bond motifs is 1. The fourth-order valence-corrected chi connectivity index (χ4v) is 4.71. The molecule has 2 amide bonds. The van der Waals surface area contributed by atoms with E-state index in [1.54, 1.807) is 21.7 Å². The summed E-state index contributed by atoms with van der Waals surface area (Å²) in [6, 6.07) is 7.84. The van der Waals surface area contributed by atoms with Crippen LogP contribution in [0.25, 0.3) is 16.7 Å². The molecular formula is C26H25F3N8O3. The van der Waals surface area contributed by atoms with Crippen LogP contribution in [0.5, 0.6) is 0 Å². The van der Waals surface area contributed by atoms with E-state index in [1.807, 2.05) is 0 Å². The first kappa shape index (κ1) is 27.0. The summed E-state index contributed by atoms with van der Waals surface area (Å²) in [4.78, 5) is 38.8. The molecule has 0 saturated carbocycles. The molecule has 0 aliphatic carbocycles. The third kappa shape index (κ3) is 5.30. The Labute approximate surface area is 225 Å². The molecule has 1 aromatic carbocycles. The summed E-state index contributed by atoms with van der Waals surface area (Å²) in [7, 11) is 0. The first-order valence-electron chi connectivity index (χ1n) is 12.4. The number of nitrogens with one attached hydrogen (secondary N) is 1. The lowest BCUT2D eigenvalue weighted by atomic mass is 9.92. The number of piperidine rings is 1. The second kappa shape index (κ2) is 10.5. The summed E-state index contributed by atoms with van der Waals surface area (Å²) in [6.45, 7) is 2.38. The molecule has 1 aliphatic rings. The fourth-order valence-electron chi connectivity index (χ4n) is 4.71. The van der Waals surface area contributed by atoms with Crippen molar-refractivity contribution < 1.29 is 27.9 Å². The lowest BCUT2D eigenvalue weighted by molar-refractivity contribution is -0.140. The zero-order chi connectivity index (χ0) is 28.6. The van der Waals surface area contributed by atoms with E-state index in [-0.39, 0.29) is 29.0 Å². The number of pyridine rings is 1. The van der Waals surface area contributed by atoms with E-state index in [4.69, 9.17) is 10.8 Å². The van der Waals surface area contributed by atoms with Crippen LogP contribution in [0.4, 0.5) is 24.8 Å². The summed E-state index contributed by atoms with van der Waals surface area (Å²) >= 11 is 0. The Morgan fingerprint density at radius 2 is 1.80 bits per heavy atom. The van der Waals surface area contributed by atoms with Gasteiger partial charge in [0.2, 0.25) is 0 Å². The quantitative estimate of drug-likeness (QED) is 0.340. The maximum atomic E-state index is 13.0. The number of hydrogen-bond acceptors (Lipinski definition) is 8. The second-order valence-corrected chi connectivity index (χ2v) is 9.46. The van der Waals surface area contributed by atoms with Crippen molar-refractivity contribution in [3.8, 4) is 5.69 Å². The van der Waals surface area contributed by atoms with Crippen molar-refractivity contribution in [2.24, 2.45) is 0 Å². The van der Waals surface area contributed by atoms with Crippen LogP contribution in [0.1, 0.15) is 47.3 Å². The number of aromatic nitrogens is 5. The van der Waals surface area contributed by atoms with Gasteiger partial charge in [0.05, 0.1) is 16.9 Å². The minimum absolute atomic E-state index is 0.0129. The van der Waals surface area contributed by atoms with Crippen molar-refractivity contribution in [2.75, 3.05) is 24.1 Å².